The summed E-state index contributed by atoms with van der Waals surface area (Å²) in [5.41, 5.74) is 10.1. The van der Waals surface area contributed by atoms with Gasteiger partial charge in [-0.2, -0.15) is 5.26 Å². The van der Waals surface area contributed by atoms with Crippen LogP contribution in [0.1, 0.15) is 36.9 Å². The van der Waals surface area contributed by atoms with Crippen molar-refractivity contribution in [2.45, 2.75) is 31.8 Å². The standard InChI is InChI=1S/C20H20N4O3/c1-11(20(25)26)27-14-4-2-12(3-5-14)16-15(10-21)19(22)23-17-13-6-8-24(9-7-13)18(16)17/h2-5,11,13H,6-9H2,1H3,(H2,22,23)(H,25,26)/t11-/m0/s1. The topological polar surface area (TPSA) is 112 Å². The molecule has 0 saturated carbocycles. The zero-order valence-electron chi connectivity index (χ0n) is 15.0. The van der Waals surface area contributed by atoms with E-state index in [1.54, 1.807) is 12.1 Å². The number of carbonyl (C=O) groups is 1. The van der Waals surface area contributed by atoms with E-state index >= 15 is 0 Å². The van der Waals surface area contributed by atoms with Crippen molar-refractivity contribution in [1.29, 1.82) is 5.26 Å². The zero-order valence-corrected chi connectivity index (χ0v) is 15.0. The molecule has 0 spiro atoms. The number of hydrogen-bond acceptors (Lipinski definition) is 6. The van der Waals surface area contributed by atoms with Crippen LogP contribution in [0.4, 0.5) is 11.5 Å². The average Bonchev–Trinajstić information content (AvgIpc) is 2.68. The number of nitriles is 1. The average molecular weight is 364 g/mol. The van der Waals surface area contributed by atoms with Crippen molar-refractivity contribution in [2.24, 2.45) is 0 Å². The van der Waals surface area contributed by atoms with E-state index in [0.29, 0.717) is 17.2 Å². The van der Waals surface area contributed by atoms with Crippen molar-refractivity contribution in [3.8, 4) is 22.9 Å². The highest BCUT2D eigenvalue weighted by Gasteiger charge is 2.36. The lowest BCUT2D eigenvalue weighted by atomic mass is 9.83. The maximum Gasteiger partial charge on any atom is 0.344 e. The molecular weight excluding hydrogens is 344 g/mol. The molecule has 2 bridgehead atoms. The van der Waals surface area contributed by atoms with E-state index in [2.05, 4.69) is 16.0 Å². The summed E-state index contributed by atoms with van der Waals surface area (Å²) < 4.78 is 5.40. The molecule has 7 nitrogen and oxygen atoms in total. The van der Waals surface area contributed by atoms with Crippen molar-refractivity contribution in [2.75, 3.05) is 23.7 Å². The Hall–Kier alpha value is -3.27. The molecule has 0 aliphatic carbocycles. The molecule has 1 saturated heterocycles. The molecule has 0 unspecified atom stereocenters. The number of carboxylic acid groups (broad SMARTS) is 1. The number of piperidine rings is 1. The third kappa shape index (κ3) is 2.83. The van der Waals surface area contributed by atoms with Crippen molar-refractivity contribution < 1.29 is 14.6 Å². The number of aliphatic carboxylic acids is 1. The van der Waals surface area contributed by atoms with Gasteiger partial charge >= 0.3 is 5.97 Å². The number of benzene rings is 1. The predicted molar refractivity (Wildman–Crippen MR) is 101 cm³/mol. The normalized spacial score (nSPS) is 16.5. The molecule has 1 aromatic carbocycles. The number of rotatable bonds is 4. The third-order valence-electron chi connectivity index (χ3n) is 5.34. The molecule has 0 radical (unpaired) electrons. The first kappa shape index (κ1) is 17.2. The van der Waals surface area contributed by atoms with Gasteiger partial charge in [-0.3, -0.25) is 0 Å². The highest BCUT2D eigenvalue weighted by atomic mass is 16.5. The maximum absolute atomic E-state index is 11.0. The summed E-state index contributed by atoms with van der Waals surface area (Å²) >= 11 is 0. The first-order chi connectivity index (χ1) is 13.0. The van der Waals surface area contributed by atoms with Crippen LogP contribution in [0.15, 0.2) is 24.3 Å². The van der Waals surface area contributed by atoms with Gasteiger partial charge in [0.1, 0.15) is 23.2 Å². The number of carboxylic acids is 1. The Kier molecular flexibility index (Phi) is 4.11. The monoisotopic (exact) mass is 364 g/mol. The van der Waals surface area contributed by atoms with E-state index < -0.39 is 12.1 Å². The van der Waals surface area contributed by atoms with Crippen LogP contribution < -0.4 is 15.4 Å². The van der Waals surface area contributed by atoms with Gasteiger partial charge in [-0.25, -0.2) is 9.78 Å². The van der Waals surface area contributed by atoms with Gasteiger partial charge in [0.2, 0.25) is 0 Å². The molecule has 5 rings (SSSR count). The molecule has 2 aromatic rings. The summed E-state index contributed by atoms with van der Waals surface area (Å²) in [6, 6.07) is 9.32. The quantitative estimate of drug-likeness (QED) is 0.857. The lowest BCUT2D eigenvalue weighted by Crippen LogP contribution is -2.40. The van der Waals surface area contributed by atoms with Crippen molar-refractivity contribution in [3.05, 3.63) is 35.5 Å². The number of nitrogens with two attached hydrogens (primary N) is 1. The molecule has 3 aliphatic heterocycles. The minimum Gasteiger partial charge on any atom is -0.479 e. The van der Waals surface area contributed by atoms with Crippen LogP contribution in [0.25, 0.3) is 11.1 Å². The molecule has 27 heavy (non-hydrogen) atoms. The minimum absolute atomic E-state index is 0.264. The third-order valence-corrected chi connectivity index (χ3v) is 5.34. The first-order valence-electron chi connectivity index (χ1n) is 8.98. The molecule has 138 valence electrons. The number of aromatic nitrogens is 1. The Morgan fingerprint density at radius 2 is 2.04 bits per heavy atom. The van der Waals surface area contributed by atoms with Crippen LogP contribution in [-0.4, -0.2) is 35.3 Å². The van der Waals surface area contributed by atoms with Gasteiger partial charge < -0.3 is 20.5 Å². The molecule has 3 aliphatic rings. The van der Waals surface area contributed by atoms with Crippen LogP contribution in [0.3, 0.4) is 0 Å². The molecule has 4 heterocycles. The van der Waals surface area contributed by atoms with E-state index in [4.69, 9.17) is 15.6 Å². The lowest BCUT2D eigenvalue weighted by molar-refractivity contribution is -0.144. The highest BCUT2D eigenvalue weighted by Crippen LogP contribution is 2.48. The summed E-state index contributed by atoms with van der Waals surface area (Å²) in [6.45, 7) is 3.39. The number of hydrogen-bond donors (Lipinski definition) is 2. The van der Waals surface area contributed by atoms with Crippen LogP contribution in [0, 0.1) is 11.3 Å². The van der Waals surface area contributed by atoms with Gasteiger partial charge in [0, 0.05) is 24.6 Å². The molecule has 7 heteroatoms. The first-order valence-corrected chi connectivity index (χ1v) is 8.98. The second kappa shape index (κ2) is 6.47. The number of fused-ring (bicyclic) bond motifs is 2. The van der Waals surface area contributed by atoms with Gasteiger partial charge in [0.25, 0.3) is 0 Å². The van der Waals surface area contributed by atoms with E-state index in [1.807, 2.05) is 12.1 Å². The minimum atomic E-state index is -1.02. The molecule has 1 atom stereocenters. The number of nitrogens with zero attached hydrogens (tertiary/aromatic N) is 3. The second-order valence-corrected chi connectivity index (χ2v) is 6.98. The van der Waals surface area contributed by atoms with Gasteiger partial charge in [0.05, 0.1) is 11.4 Å². The Bertz CT molecular complexity index is 941. The van der Waals surface area contributed by atoms with E-state index in [0.717, 1.165) is 48.4 Å². The fraction of sp³-hybridized carbons (Fsp3) is 0.350. The summed E-state index contributed by atoms with van der Waals surface area (Å²) in [5, 5.41) is 18.7. The van der Waals surface area contributed by atoms with Crippen LogP contribution in [0.5, 0.6) is 5.75 Å². The summed E-state index contributed by atoms with van der Waals surface area (Å²) in [4.78, 5) is 17.8. The number of anilines is 2. The molecule has 1 fully saturated rings. The smallest absolute Gasteiger partial charge is 0.344 e. The zero-order chi connectivity index (χ0) is 19.1. The van der Waals surface area contributed by atoms with Crippen LogP contribution >= 0.6 is 0 Å². The van der Waals surface area contributed by atoms with Crippen molar-refractivity contribution in [1.82, 2.24) is 4.98 Å². The lowest BCUT2D eigenvalue weighted by Gasteiger charge is -2.42. The predicted octanol–water partition coefficient (Wildman–Crippen LogP) is 2.75. The molecule has 1 aromatic heterocycles. The summed E-state index contributed by atoms with van der Waals surface area (Å²) in [6.07, 6.45) is 1.19. The van der Waals surface area contributed by atoms with E-state index in [1.165, 1.54) is 6.92 Å². The largest absolute Gasteiger partial charge is 0.479 e. The Balaban J connectivity index is 1.80. The molecular formula is C20H20N4O3. The van der Waals surface area contributed by atoms with Crippen molar-refractivity contribution >= 4 is 17.5 Å². The van der Waals surface area contributed by atoms with Crippen LogP contribution in [-0.2, 0) is 4.79 Å². The number of ether oxygens (including phenoxy) is 1. The second-order valence-electron chi connectivity index (χ2n) is 6.98. The summed E-state index contributed by atoms with van der Waals surface area (Å²) in [5.74, 6) is 0.0909. The highest BCUT2D eigenvalue weighted by molar-refractivity contribution is 5.89. The molecule has 3 N–H and O–H groups in total. The van der Waals surface area contributed by atoms with E-state index in [9.17, 15) is 10.1 Å². The van der Waals surface area contributed by atoms with Gasteiger partial charge in [-0.1, -0.05) is 12.1 Å². The van der Waals surface area contributed by atoms with Gasteiger partial charge in [-0.15, -0.1) is 0 Å². The molecule has 0 amide bonds. The summed E-state index contributed by atoms with van der Waals surface area (Å²) in [7, 11) is 0. The Morgan fingerprint density at radius 3 is 2.63 bits per heavy atom. The Morgan fingerprint density at radius 1 is 1.37 bits per heavy atom. The number of nitrogen functional groups attached to an aromatic ring is 1. The SMILES string of the molecule is C[C@H](Oc1ccc(-c2c(C#N)c(N)nc3c2N2CCC3CC2)cc1)C(=O)O. The maximum atomic E-state index is 11.0. The fourth-order valence-corrected chi connectivity index (χ4v) is 3.94. The number of pyridine rings is 1. The van der Waals surface area contributed by atoms with E-state index in [-0.39, 0.29) is 5.82 Å². The van der Waals surface area contributed by atoms with Gasteiger partial charge in [0.15, 0.2) is 6.10 Å². The van der Waals surface area contributed by atoms with Gasteiger partial charge in [-0.05, 0) is 37.5 Å². The fourth-order valence-electron chi connectivity index (χ4n) is 3.94. The van der Waals surface area contributed by atoms with Crippen molar-refractivity contribution in [3.63, 3.8) is 0 Å². The Labute approximate surface area is 157 Å². The van der Waals surface area contributed by atoms with Crippen LogP contribution in [0.2, 0.25) is 0 Å².